The van der Waals surface area contributed by atoms with Crippen molar-refractivity contribution in [2.24, 2.45) is 5.92 Å². The number of nitro benzene ring substituents is 1. The van der Waals surface area contributed by atoms with E-state index < -0.39 is 0 Å². The summed E-state index contributed by atoms with van der Waals surface area (Å²) in [6.07, 6.45) is 0. The van der Waals surface area contributed by atoms with Gasteiger partial charge >= 0.3 is 0 Å². The SMILES string of the molecule is CC(NC(CO)C(C)C)c1ccccc1[N+](=O)[O-]. The Morgan fingerprint density at radius 1 is 1.33 bits per heavy atom. The highest BCUT2D eigenvalue weighted by Gasteiger charge is 2.21. The topological polar surface area (TPSA) is 75.4 Å². The van der Waals surface area contributed by atoms with Crippen LogP contribution in [-0.4, -0.2) is 22.7 Å². The molecule has 18 heavy (non-hydrogen) atoms. The number of hydrogen-bond acceptors (Lipinski definition) is 4. The first kappa shape index (κ1) is 14.6. The summed E-state index contributed by atoms with van der Waals surface area (Å²) in [6, 6.07) is 6.43. The second-order valence-corrected chi connectivity index (χ2v) is 4.74. The van der Waals surface area contributed by atoms with Gasteiger partial charge in [-0.2, -0.15) is 0 Å². The van der Waals surface area contributed by atoms with Crippen molar-refractivity contribution in [3.05, 3.63) is 39.9 Å². The average Bonchev–Trinajstić information content (AvgIpc) is 2.35. The van der Waals surface area contributed by atoms with Crippen LogP contribution in [0.1, 0.15) is 32.4 Å². The molecule has 5 heteroatoms. The second-order valence-electron chi connectivity index (χ2n) is 4.74. The first-order chi connectivity index (χ1) is 8.47. The predicted octanol–water partition coefficient (Wildman–Crippen LogP) is 2.26. The average molecular weight is 252 g/mol. The Kier molecular flexibility index (Phi) is 5.25. The standard InChI is InChI=1S/C13H20N2O3/c1-9(2)12(8-16)14-10(3)11-6-4-5-7-13(11)15(17)18/h4-7,9-10,12,14,16H,8H2,1-3H3. The Labute approximate surface area is 107 Å². The van der Waals surface area contributed by atoms with E-state index in [1.54, 1.807) is 18.2 Å². The van der Waals surface area contributed by atoms with Crippen LogP contribution in [0.3, 0.4) is 0 Å². The number of nitro groups is 1. The lowest BCUT2D eigenvalue weighted by Crippen LogP contribution is -2.38. The molecule has 0 spiro atoms. The summed E-state index contributed by atoms with van der Waals surface area (Å²) < 4.78 is 0. The van der Waals surface area contributed by atoms with Crippen LogP contribution in [0.15, 0.2) is 24.3 Å². The van der Waals surface area contributed by atoms with Gasteiger partial charge in [0.2, 0.25) is 0 Å². The van der Waals surface area contributed by atoms with Crippen LogP contribution in [0, 0.1) is 16.0 Å². The Balaban J connectivity index is 2.90. The maximum atomic E-state index is 10.9. The molecule has 0 aliphatic rings. The molecule has 1 aromatic carbocycles. The summed E-state index contributed by atoms with van der Waals surface area (Å²) in [7, 11) is 0. The van der Waals surface area contributed by atoms with E-state index in [0.29, 0.717) is 5.56 Å². The van der Waals surface area contributed by atoms with Crippen molar-refractivity contribution >= 4 is 5.69 Å². The normalized spacial score (nSPS) is 14.5. The van der Waals surface area contributed by atoms with Crippen LogP contribution in [0.2, 0.25) is 0 Å². The van der Waals surface area contributed by atoms with Gasteiger partial charge in [0.05, 0.1) is 11.5 Å². The van der Waals surface area contributed by atoms with Crippen molar-refractivity contribution in [2.45, 2.75) is 32.9 Å². The number of nitrogens with one attached hydrogen (secondary N) is 1. The van der Waals surface area contributed by atoms with Crippen LogP contribution in [0.5, 0.6) is 0 Å². The largest absolute Gasteiger partial charge is 0.395 e. The Morgan fingerprint density at radius 3 is 2.44 bits per heavy atom. The first-order valence-corrected chi connectivity index (χ1v) is 6.07. The lowest BCUT2D eigenvalue weighted by atomic mass is 10.0. The van der Waals surface area contributed by atoms with E-state index in [1.165, 1.54) is 6.07 Å². The van der Waals surface area contributed by atoms with E-state index in [4.69, 9.17) is 0 Å². The van der Waals surface area contributed by atoms with Crippen LogP contribution < -0.4 is 5.32 Å². The van der Waals surface area contributed by atoms with Crippen molar-refractivity contribution in [1.29, 1.82) is 0 Å². The van der Waals surface area contributed by atoms with Gasteiger partial charge in [0.25, 0.3) is 5.69 Å². The number of benzene rings is 1. The summed E-state index contributed by atoms with van der Waals surface area (Å²) in [5.41, 5.74) is 0.750. The molecule has 0 saturated carbocycles. The molecule has 2 unspecified atom stereocenters. The zero-order valence-corrected chi connectivity index (χ0v) is 11.0. The molecule has 2 atom stereocenters. The Hall–Kier alpha value is -1.46. The van der Waals surface area contributed by atoms with Gasteiger partial charge in [-0.25, -0.2) is 0 Å². The molecule has 2 N–H and O–H groups in total. The fourth-order valence-corrected chi connectivity index (χ4v) is 1.89. The molecule has 5 nitrogen and oxygen atoms in total. The summed E-state index contributed by atoms with van der Waals surface area (Å²) >= 11 is 0. The molecule has 1 aromatic rings. The fourth-order valence-electron chi connectivity index (χ4n) is 1.89. The van der Waals surface area contributed by atoms with E-state index >= 15 is 0 Å². The number of nitrogens with zero attached hydrogens (tertiary/aromatic N) is 1. The monoisotopic (exact) mass is 252 g/mol. The minimum Gasteiger partial charge on any atom is -0.395 e. The van der Waals surface area contributed by atoms with Crippen LogP contribution >= 0.6 is 0 Å². The minimum absolute atomic E-state index is 0.0165. The molecule has 0 bridgehead atoms. The maximum absolute atomic E-state index is 10.9. The summed E-state index contributed by atoms with van der Waals surface area (Å²) in [5.74, 6) is 0.264. The van der Waals surface area contributed by atoms with Crippen molar-refractivity contribution in [3.63, 3.8) is 0 Å². The molecule has 0 aliphatic carbocycles. The van der Waals surface area contributed by atoms with Gasteiger partial charge in [0.1, 0.15) is 0 Å². The molecular weight excluding hydrogens is 232 g/mol. The number of para-hydroxylation sites is 1. The molecule has 0 aliphatic heterocycles. The molecule has 0 aromatic heterocycles. The summed E-state index contributed by atoms with van der Waals surface area (Å²) in [4.78, 5) is 10.6. The summed E-state index contributed by atoms with van der Waals surface area (Å²) in [6.45, 7) is 5.88. The third kappa shape index (κ3) is 3.51. The van der Waals surface area contributed by atoms with E-state index in [2.05, 4.69) is 5.32 Å². The lowest BCUT2D eigenvalue weighted by molar-refractivity contribution is -0.385. The van der Waals surface area contributed by atoms with Gasteiger partial charge in [0, 0.05) is 23.7 Å². The Morgan fingerprint density at radius 2 is 1.94 bits per heavy atom. The molecule has 0 fully saturated rings. The lowest BCUT2D eigenvalue weighted by Gasteiger charge is -2.24. The van der Waals surface area contributed by atoms with Gasteiger partial charge in [0.15, 0.2) is 0 Å². The van der Waals surface area contributed by atoms with Crippen molar-refractivity contribution in [1.82, 2.24) is 5.32 Å². The van der Waals surface area contributed by atoms with Gasteiger partial charge in [-0.05, 0) is 12.8 Å². The first-order valence-electron chi connectivity index (χ1n) is 6.07. The fraction of sp³-hybridized carbons (Fsp3) is 0.538. The molecule has 0 saturated heterocycles. The quantitative estimate of drug-likeness (QED) is 0.601. The number of hydrogen-bond donors (Lipinski definition) is 2. The number of aliphatic hydroxyl groups is 1. The van der Waals surface area contributed by atoms with Crippen LogP contribution in [0.4, 0.5) is 5.69 Å². The van der Waals surface area contributed by atoms with E-state index in [0.717, 1.165) is 0 Å². The van der Waals surface area contributed by atoms with Crippen molar-refractivity contribution < 1.29 is 10.0 Å². The van der Waals surface area contributed by atoms with E-state index in [-0.39, 0.29) is 35.2 Å². The summed E-state index contributed by atoms with van der Waals surface area (Å²) in [5, 5.41) is 23.4. The number of rotatable bonds is 6. The van der Waals surface area contributed by atoms with Crippen LogP contribution in [-0.2, 0) is 0 Å². The third-order valence-corrected chi connectivity index (χ3v) is 3.07. The third-order valence-electron chi connectivity index (χ3n) is 3.07. The molecule has 1 rings (SSSR count). The van der Waals surface area contributed by atoms with Crippen molar-refractivity contribution in [3.8, 4) is 0 Å². The van der Waals surface area contributed by atoms with Gasteiger partial charge in [-0.3, -0.25) is 10.1 Å². The number of aliphatic hydroxyl groups excluding tert-OH is 1. The van der Waals surface area contributed by atoms with Gasteiger partial charge in [-0.1, -0.05) is 32.0 Å². The minimum atomic E-state index is -0.378. The van der Waals surface area contributed by atoms with E-state index in [9.17, 15) is 15.2 Å². The Bertz CT molecular complexity index is 407. The molecule has 100 valence electrons. The zero-order valence-electron chi connectivity index (χ0n) is 11.0. The molecular formula is C13H20N2O3. The zero-order chi connectivity index (χ0) is 13.7. The second kappa shape index (κ2) is 6.47. The smallest absolute Gasteiger partial charge is 0.274 e. The highest BCUT2D eigenvalue weighted by atomic mass is 16.6. The van der Waals surface area contributed by atoms with Crippen molar-refractivity contribution in [2.75, 3.05) is 6.61 Å². The highest BCUT2D eigenvalue weighted by molar-refractivity contribution is 5.41. The molecule has 0 heterocycles. The molecule has 0 amide bonds. The van der Waals surface area contributed by atoms with Gasteiger partial charge in [-0.15, -0.1) is 0 Å². The van der Waals surface area contributed by atoms with Crippen LogP contribution in [0.25, 0.3) is 0 Å². The highest BCUT2D eigenvalue weighted by Crippen LogP contribution is 2.25. The predicted molar refractivity (Wildman–Crippen MR) is 70.4 cm³/mol. The van der Waals surface area contributed by atoms with E-state index in [1.807, 2.05) is 20.8 Å². The molecule has 0 radical (unpaired) electrons. The maximum Gasteiger partial charge on any atom is 0.274 e. The van der Waals surface area contributed by atoms with Gasteiger partial charge < -0.3 is 10.4 Å².